The Labute approximate surface area is 293 Å². The monoisotopic (exact) mass is 718 g/mol. The molecule has 0 unspecified atom stereocenters. The Morgan fingerprint density at radius 1 is 0.979 bits per heavy atom. The number of piperazine rings is 1. The second-order valence-electron chi connectivity index (χ2n) is 12.4. The Morgan fingerprint density at radius 2 is 1.71 bits per heavy atom. The van der Waals surface area contributed by atoms with Gasteiger partial charge in [-0.2, -0.15) is 0 Å². The fourth-order valence-corrected chi connectivity index (χ4v) is 7.13. The molecule has 0 aliphatic carbocycles. The minimum atomic E-state index is -3.16. The third kappa shape index (κ3) is 11.3. The normalized spacial score (nSPS) is 16.6. The summed E-state index contributed by atoms with van der Waals surface area (Å²) >= 11 is 12.7. The van der Waals surface area contributed by atoms with Crippen molar-refractivity contribution in [3.63, 3.8) is 0 Å². The molecule has 4 heterocycles. The van der Waals surface area contributed by atoms with E-state index in [1.165, 1.54) is 6.26 Å². The highest BCUT2D eigenvalue weighted by Gasteiger charge is 2.21. The predicted octanol–water partition coefficient (Wildman–Crippen LogP) is 5.47. The minimum absolute atomic E-state index is 0.154. The zero-order valence-corrected chi connectivity index (χ0v) is 29.9. The van der Waals surface area contributed by atoms with Crippen molar-refractivity contribution in [3.05, 3.63) is 64.3 Å². The van der Waals surface area contributed by atoms with Crippen LogP contribution in [0.15, 0.2) is 48.7 Å². The molecule has 2 aliphatic rings. The van der Waals surface area contributed by atoms with Gasteiger partial charge in [-0.15, -0.1) is 0 Å². The van der Waals surface area contributed by atoms with E-state index in [4.69, 9.17) is 37.7 Å². The van der Waals surface area contributed by atoms with Crippen LogP contribution in [0.4, 0.5) is 5.82 Å². The highest BCUT2D eigenvalue weighted by molar-refractivity contribution is 7.88. The number of sulfonamides is 1. The third-order valence-electron chi connectivity index (χ3n) is 8.63. The van der Waals surface area contributed by atoms with Gasteiger partial charge in [-0.3, -0.25) is 14.6 Å². The van der Waals surface area contributed by atoms with Crippen LogP contribution in [0.2, 0.25) is 10.0 Å². The molecular weight excluding hydrogens is 675 g/mol. The molecule has 0 amide bonds. The minimum Gasteiger partial charge on any atom is -0.466 e. The molecule has 2 fully saturated rings. The van der Waals surface area contributed by atoms with Crippen molar-refractivity contribution in [3.8, 4) is 22.9 Å². The number of rotatable bonds is 14. The lowest BCUT2D eigenvalue weighted by molar-refractivity contribution is -0.143. The zero-order valence-electron chi connectivity index (χ0n) is 27.5. The van der Waals surface area contributed by atoms with Gasteiger partial charge in [0.05, 0.1) is 31.2 Å². The van der Waals surface area contributed by atoms with Crippen LogP contribution in [-0.2, 0) is 26.1 Å². The van der Waals surface area contributed by atoms with E-state index in [0.717, 1.165) is 82.0 Å². The Kier molecular flexibility index (Phi) is 12.9. The number of pyridine rings is 2. The summed E-state index contributed by atoms with van der Waals surface area (Å²) < 4.78 is 36.7. The molecule has 3 aromatic rings. The summed E-state index contributed by atoms with van der Waals surface area (Å²) in [6.07, 6.45) is 6.19. The van der Waals surface area contributed by atoms with Gasteiger partial charge in [-0.05, 0) is 87.2 Å². The molecular formula is C34H44Cl2N6O5S. The van der Waals surface area contributed by atoms with Crippen LogP contribution in [0.1, 0.15) is 38.2 Å². The van der Waals surface area contributed by atoms with Gasteiger partial charge in [0.15, 0.2) is 0 Å². The Hall–Kier alpha value is -3.00. The molecule has 48 heavy (non-hydrogen) atoms. The molecule has 14 heteroatoms. The SMILES string of the molecule is CCOC(=O)CCN1CCN(c2ccc(Oc3cc(CN4CCC(CCNS(C)(=O)=O)CC4)cc(-c4cc(Cl)cc(Cl)c4)n3)cn2)CC1. The highest BCUT2D eigenvalue weighted by atomic mass is 35.5. The van der Waals surface area contributed by atoms with Gasteiger partial charge in [0, 0.05) is 67.5 Å². The lowest BCUT2D eigenvalue weighted by atomic mass is 9.93. The number of anilines is 1. The predicted molar refractivity (Wildman–Crippen MR) is 189 cm³/mol. The van der Waals surface area contributed by atoms with Crippen molar-refractivity contribution in [2.24, 2.45) is 5.92 Å². The van der Waals surface area contributed by atoms with Crippen LogP contribution in [0.25, 0.3) is 11.3 Å². The maximum absolute atomic E-state index is 11.7. The van der Waals surface area contributed by atoms with Crippen molar-refractivity contribution in [1.82, 2.24) is 24.5 Å². The maximum atomic E-state index is 11.7. The number of carbonyl (C=O) groups excluding carboxylic acids is 1. The van der Waals surface area contributed by atoms with Gasteiger partial charge in [0.25, 0.3) is 0 Å². The van der Waals surface area contributed by atoms with Crippen LogP contribution in [0.3, 0.4) is 0 Å². The van der Waals surface area contributed by atoms with E-state index in [1.807, 2.05) is 43.3 Å². The molecule has 2 aromatic heterocycles. The molecule has 1 N–H and O–H groups in total. The first-order valence-electron chi connectivity index (χ1n) is 16.4. The number of likely N-dealkylation sites (tertiary alicyclic amines) is 1. The molecule has 0 bridgehead atoms. The van der Waals surface area contributed by atoms with Gasteiger partial charge in [-0.25, -0.2) is 23.1 Å². The van der Waals surface area contributed by atoms with E-state index in [1.54, 1.807) is 12.3 Å². The first kappa shape index (κ1) is 36.3. The number of halogens is 2. The van der Waals surface area contributed by atoms with Crippen molar-refractivity contribution in [2.45, 2.75) is 39.2 Å². The van der Waals surface area contributed by atoms with Crippen LogP contribution < -0.4 is 14.4 Å². The molecule has 5 rings (SSSR count). The summed E-state index contributed by atoms with van der Waals surface area (Å²) in [5.74, 6) is 2.24. The average molecular weight is 720 g/mol. The summed E-state index contributed by atoms with van der Waals surface area (Å²) in [5, 5.41) is 1.05. The number of piperidine rings is 1. The lowest BCUT2D eigenvalue weighted by Crippen LogP contribution is -2.47. The van der Waals surface area contributed by atoms with E-state index in [-0.39, 0.29) is 5.97 Å². The Balaban J connectivity index is 1.22. The fraction of sp³-hybridized carbons (Fsp3) is 0.500. The van der Waals surface area contributed by atoms with E-state index in [0.29, 0.717) is 59.4 Å². The second kappa shape index (κ2) is 17.1. The van der Waals surface area contributed by atoms with Gasteiger partial charge < -0.3 is 14.4 Å². The number of aromatic nitrogens is 2. The number of nitrogens with zero attached hydrogens (tertiary/aromatic N) is 5. The number of hydrogen-bond donors (Lipinski definition) is 1. The average Bonchev–Trinajstić information content (AvgIpc) is 3.04. The molecule has 2 aliphatic heterocycles. The van der Waals surface area contributed by atoms with Crippen LogP contribution in [0.5, 0.6) is 11.6 Å². The number of ether oxygens (including phenoxy) is 2. The smallest absolute Gasteiger partial charge is 0.307 e. The Bertz CT molecular complexity index is 1610. The Morgan fingerprint density at radius 3 is 2.35 bits per heavy atom. The van der Waals surface area contributed by atoms with Gasteiger partial charge >= 0.3 is 5.97 Å². The number of esters is 1. The molecule has 0 atom stereocenters. The van der Waals surface area contributed by atoms with Crippen molar-refractivity contribution in [2.75, 3.05) is 70.1 Å². The first-order valence-corrected chi connectivity index (χ1v) is 19.1. The topological polar surface area (TPSA) is 117 Å². The zero-order chi connectivity index (χ0) is 34.1. The lowest BCUT2D eigenvalue weighted by Gasteiger charge is -2.35. The maximum Gasteiger partial charge on any atom is 0.307 e. The number of benzene rings is 1. The molecule has 0 spiro atoms. The summed E-state index contributed by atoms with van der Waals surface area (Å²) in [6.45, 7) is 9.32. The van der Waals surface area contributed by atoms with Crippen molar-refractivity contribution in [1.29, 1.82) is 0 Å². The van der Waals surface area contributed by atoms with Crippen molar-refractivity contribution >= 4 is 45.0 Å². The molecule has 0 radical (unpaired) electrons. The second-order valence-corrected chi connectivity index (χ2v) is 15.1. The van der Waals surface area contributed by atoms with Crippen LogP contribution in [-0.4, -0.2) is 99.4 Å². The molecule has 1 aromatic carbocycles. The molecule has 2 saturated heterocycles. The summed E-state index contributed by atoms with van der Waals surface area (Å²) in [4.78, 5) is 28.1. The largest absolute Gasteiger partial charge is 0.466 e. The number of nitrogens with one attached hydrogen (secondary N) is 1. The van der Waals surface area contributed by atoms with Gasteiger partial charge in [0.1, 0.15) is 11.6 Å². The molecule has 11 nitrogen and oxygen atoms in total. The molecule has 0 saturated carbocycles. The van der Waals surface area contributed by atoms with E-state index in [9.17, 15) is 13.2 Å². The third-order valence-corrected chi connectivity index (χ3v) is 9.79. The standard InChI is InChI=1S/C34H44Cl2N6O5S/c1-3-46-34(43)9-13-40-14-16-42(17-15-40)32-5-4-30(23-37-32)47-33-19-26(18-31(39-33)27-20-28(35)22-29(36)21-27)24-41-11-7-25(8-12-41)6-10-38-48(2,44)45/h4-5,18-23,25,38H,3,6-17,24H2,1-2H3. The van der Waals surface area contributed by atoms with Crippen molar-refractivity contribution < 1.29 is 22.7 Å². The summed E-state index contributed by atoms with van der Waals surface area (Å²) in [5.41, 5.74) is 2.55. The summed E-state index contributed by atoms with van der Waals surface area (Å²) in [6, 6.07) is 13.2. The molecule has 260 valence electrons. The first-order chi connectivity index (χ1) is 23.0. The van der Waals surface area contributed by atoms with Crippen LogP contribution in [0, 0.1) is 5.92 Å². The quantitative estimate of drug-likeness (QED) is 0.215. The van der Waals surface area contributed by atoms with E-state index in [2.05, 4.69) is 24.4 Å². The highest BCUT2D eigenvalue weighted by Crippen LogP contribution is 2.31. The number of carbonyl (C=O) groups is 1. The van der Waals surface area contributed by atoms with Gasteiger partial charge in [0.2, 0.25) is 15.9 Å². The summed E-state index contributed by atoms with van der Waals surface area (Å²) in [7, 11) is -3.16. The fourth-order valence-electron chi connectivity index (χ4n) is 6.12. The van der Waals surface area contributed by atoms with Crippen LogP contribution >= 0.6 is 23.2 Å². The number of hydrogen-bond acceptors (Lipinski definition) is 10. The van der Waals surface area contributed by atoms with E-state index >= 15 is 0 Å². The van der Waals surface area contributed by atoms with Gasteiger partial charge in [-0.1, -0.05) is 23.2 Å². The van der Waals surface area contributed by atoms with E-state index < -0.39 is 10.0 Å².